The number of phenols is 1. The maximum Gasteiger partial charge on any atom is 0.254 e. The quantitative estimate of drug-likeness (QED) is 0.0996. The molecule has 10 nitrogen and oxygen atoms in total. The number of alkyl halides is 3. The van der Waals surface area contributed by atoms with Gasteiger partial charge in [-0.1, -0.05) is 57.9 Å². The summed E-state index contributed by atoms with van der Waals surface area (Å²) in [5, 5.41) is 10.1. The van der Waals surface area contributed by atoms with Gasteiger partial charge in [0.05, 0.1) is 30.1 Å². The number of ether oxygens (including phenoxy) is 1. The molecule has 4 aliphatic rings. The van der Waals surface area contributed by atoms with Crippen LogP contribution in [0.15, 0.2) is 88.9 Å². The van der Waals surface area contributed by atoms with Crippen molar-refractivity contribution >= 4 is 85.6 Å². The van der Waals surface area contributed by atoms with Crippen LogP contribution in [0.4, 0.5) is 5.69 Å². The van der Waals surface area contributed by atoms with E-state index in [-0.39, 0.29) is 35.7 Å². The van der Waals surface area contributed by atoms with Crippen molar-refractivity contribution in [1.82, 2.24) is 9.88 Å². The summed E-state index contributed by atoms with van der Waals surface area (Å²) >= 11 is 17.8. The van der Waals surface area contributed by atoms with Crippen molar-refractivity contribution in [1.29, 1.82) is 0 Å². The molecule has 2 saturated heterocycles. The first-order chi connectivity index (χ1) is 24.0. The van der Waals surface area contributed by atoms with Crippen molar-refractivity contribution in [2.24, 2.45) is 23.7 Å². The van der Waals surface area contributed by atoms with Gasteiger partial charge in [0.15, 0.2) is 26.8 Å². The smallest absolute Gasteiger partial charge is 0.254 e. The number of carbonyl (C=O) groups is 4. The van der Waals surface area contributed by atoms with Crippen LogP contribution in [0, 0.1) is 23.7 Å². The van der Waals surface area contributed by atoms with Gasteiger partial charge in [-0.2, -0.15) is 0 Å². The van der Waals surface area contributed by atoms with E-state index >= 15 is 0 Å². The zero-order chi connectivity index (χ0) is 35.1. The van der Waals surface area contributed by atoms with Gasteiger partial charge in [-0.25, -0.2) is 4.98 Å². The third-order valence-corrected chi connectivity index (χ3v) is 12.4. The van der Waals surface area contributed by atoms with Gasteiger partial charge in [0.1, 0.15) is 5.52 Å². The summed E-state index contributed by atoms with van der Waals surface area (Å²) in [5.74, 6) is -4.55. The second kappa shape index (κ2) is 11.8. The molecule has 6 unspecified atom stereocenters. The Kier molecular flexibility index (Phi) is 7.74. The van der Waals surface area contributed by atoms with Crippen LogP contribution in [0.5, 0.6) is 11.5 Å². The molecular formula is C37H28BrCl2N3O7. The topological polar surface area (TPSA) is 130 Å². The first-order valence-electron chi connectivity index (χ1n) is 15.9. The van der Waals surface area contributed by atoms with Crippen LogP contribution in [-0.4, -0.2) is 60.9 Å². The van der Waals surface area contributed by atoms with Crippen LogP contribution >= 0.6 is 39.1 Å². The summed E-state index contributed by atoms with van der Waals surface area (Å²) in [4.78, 5) is 59.0. The van der Waals surface area contributed by atoms with Gasteiger partial charge in [0.25, 0.3) is 11.8 Å². The van der Waals surface area contributed by atoms with E-state index in [4.69, 9.17) is 32.4 Å². The molecule has 13 heteroatoms. The number of fused-ring (bicyclic) bond motifs is 5. The number of methoxy groups -OCH3 is 1. The van der Waals surface area contributed by atoms with Crippen LogP contribution in [0.1, 0.15) is 18.4 Å². The highest BCUT2D eigenvalue weighted by Gasteiger charge is 2.75. The van der Waals surface area contributed by atoms with E-state index in [1.54, 1.807) is 48.6 Å². The first kappa shape index (κ1) is 32.7. The molecule has 3 fully saturated rings. The molecule has 0 spiro atoms. The van der Waals surface area contributed by atoms with Gasteiger partial charge < -0.3 is 14.3 Å². The highest BCUT2D eigenvalue weighted by molar-refractivity contribution is 9.09. The Morgan fingerprint density at radius 3 is 2.50 bits per heavy atom. The molecule has 254 valence electrons. The molecule has 2 aliphatic carbocycles. The van der Waals surface area contributed by atoms with E-state index in [2.05, 4.69) is 20.9 Å². The van der Waals surface area contributed by atoms with Crippen LogP contribution in [0.3, 0.4) is 0 Å². The minimum Gasteiger partial charge on any atom is -0.504 e. The average molecular weight is 777 g/mol. The second-order valence-corrected chi connectivity index (χ2v) is 14.6. The largest absolute Gasteiger partial charge is 0.504 e. The van der Waals surface area contributed by atoms with Gasteiger partial charge in [0.2, 0.25) is 17.7 Å². The van der Waals surface area contributed by atoms with Crippen molar-refractivity contribution in [3.63, 3.8) is 0 Å². The number of hydrogen-bond donors (Lipinski definition) is 1. The molecular weight excluding hydrogens is 749 g/mol. The predicted molar refractivity (Wildman–Crippen MR) is 190 cm³/mol. The number of rotatable bonds is 6. The lowest BCUT2D eigenvalue weighted by Crippen LogP contribution is -2.60. The standard InChI is InChI=1S/C37H28BrCl2N3O7/c1-49-29-16-19(7-15-27(29)44)6-14-25-22-12-13-23-30(24(22)17-36(39)34(47)42(18-38)35(48)37(25,36)40)33(46)43(32(23)45)21-10-8-20(9-11-21)31-41-26-4-2-3-5-28(26)50-31/h2-12,14-16,23-25,30,44H,13,17-18H2,1H3. The van der Waals surface area contributed by atoms with E-state index < -0.39 is 51.1 Å². The summed E-state index contributed by atoms with van der Waals surface area (Å²) in [6, 6.07) is 19.0. The van der Waals surface area contributed by atoms with Crippen molar-refractivity contribution in [2.75, 3.05) is 17.5 Å². The molecule has 4 amide bonds. The molecule has 3 heterocycles. The molecule has 1 saturated carbocycles. The average Bonchev–Trinajstić information content (AvgIpc) is 3.71. The van der Waals surface area contributed by atoms with Gasteiger partial charge >= 0.3 is 0 Å². The number of carbonyl (C=O) groups excluding carboxylic acids is 4. The Labute approximate surface area is 304 Å². The number of halogens is 3. The minimum absolute atomic E-state index is 0.0451. The summed E-state index contributed by atoms with van der Waals surface area (Å²) in [7, 11) is 1.43. The number of aromatic hydroxyl groups is 1. The monoisotopic (exact) mass is 775 g/mol. The van der Waals surface area contributed by atoms with E-state index in [0.29, 0.717) is 39.4 Å². The van der Waals surface area contributed by atoms with Crippen molar-refractivity contribution < 1.29 is 33.4 Å². The number of oxazole rings is 1. The number of benzene rings is 3. The fourth-order valence-electron chi connectivity index (χ4n) is 8.01. The summed E-state index contributed by atoms with van der Waals surface area (Å²) < 4.78 is 11.1. The van der Waals surface area contributed by atoms with Crippen molar-refractivity contribution in [3.05, 3.63) is 90.0 Å². The number of imide groups is 2. The maximum absolute atomic E-state index is 14.4. The molecule has 4 aromatic rings. The van der Waals surface area contributed by atoms with Crippen LogP contribution < -0.4 is 9.64 Å². The van der Waals surface area contributed by atoms with E-state index in [0.717, 1.165) is 4.90 Å². The zero-order valence-electron chi connectivity index (χ0n) is 26.4. The molecule has 6 atom stereocenters. The number of phenolic OH excluding ortho intramolecular Hbond substituents is 1. The Morgan fingerprint density at radius 2 is 1.78 bits per heavy atom. The molecule has 3 aromatic carbocycles. The number of para-hydroxylation sites is 2. The van der Waals surface area contributed by atoms with E-state index in [1.807, 2.05) is 30.3 Å². The minimum atomic E-state index is -1.90. The fourth-order valence-corrected chi connectivity index (χ4v) is 9.39. The van der Waals surface area contributed by atoms with E-state index in [1.165, 1.54) is 18.1 Å². The Morgan fingerprint density at radius 1 is 1.02 bits per heavy atom. The molecule has 2 aliphatic heterocycles. The maximum atomic E-state index is 14.4. The van der Waals surface area contributed by atoms with Gasteiger partial charge in [0, 0.05) is 11.5 Å². The molecule has 0 radical (unpaired) electrons. The third kappa shape index (κ3) is 4.56. The Balaban J connectivity index is 1.16. The van der Waals surface area contributed by atoms with Crippen LogP contribution in [-0.2, 0) is 19.2 Å². The predicted octanol–water partition coefficient (Wildman–Crippen LogP) is 6.67. The number of allylic oxidation sites excluding steroid dienone is 3. The zero-order valence-corrected chi connectivity index (χ0v) is 29.5. The second-order valence-electron chi connectivity index (χ2n) is 12.9. The molecule has 0 bridgehead atoms. The highest BCUT2D eigenvalue weighted by Crippen LogP contribution is 2.63. The lowest BCUT2D eigenvalue weighted by Gasteiger charge is -2.49. The van der Waals surface area contributed by atoms with Gasteiger partial charge in [-0.05, 0) is 72.9 Å². The number of likely N-dealkylation sites (tertiary alicyclic amines) is 1. The van der Waals surface area contributed by atoms with Gasteiger partial charge in [-0.15, -0.1) is 23.2 Å². The molecule has 8 rings (SSSR count). The number of nitrogens with zero attached hydrogens (tertiary/aromatic N) is 3. The summed E-state index contributed by atoms with van der Waals surface area (Å²) in [6.07, 6.45) is 5.42. The number of anilines is 1. The summed E-state index contributed by atoms with van der Waals surface area (Å²) in [5.41, 5.74) is 3.63. The SMILES string of the molecule is COc1cc(C=CC2C3=CCC4C(=O)N(c5ccc(-c6nc7ccccc7o6)cc5)C(=O)C4C3CC3(Cl)C(=O)N(CBr)C(=O)C23Cl)ccc1O. The Hall–Kier alpha value is -4.45. The fraction of sp³-hybridized carbons (Fsp3) is 0.270. The van der Waals surface area contributed by atoms with Crippen molar-refractivity contribution in [3.8, 4) is 23.0 Å². The lowest BCUT2D eigenvalue weighted by molar-refractivity contribution is -0.138. The third-order valence-electron chi connectivity index (χ3n) is 10.4. The Bertz CT molecular complexity index is 2150. The van der Waals surface area contributed by atoms with Gasteiger partial charge in [-0.3, -0.25) is 29.0 Å². The van der Waals surface area contributed by atoms with Crippen LogP contribution in [0.2, 0.25) is 0 Å². The highest BCUT2D eigenvalue weighted by atomic mass is 79.9. The molecule has 50 heavy (non-hydrogen) atoms. The number of hydrogen-bond acceptors (Lipinski definition) is 8. The van der Waals surface area contributed by atoms with E-state index in [9.17, 15) is 24.3 Å². The normalized spacial score (nSPS) is 29.1. The first-order valence-corrected chi connectivity index (χ1v) is 17.8. The van der Waals surface area contributed by atoms with Crippen LogP contribution in [0.25, 0.3) is 28.6 Å². The molecule has 1 N–H and O–H groups in total. The number of amides is 4. The van der Waals surface area contributed by atoms with Crippen molar-refractivity contribution in [2.45, 2.75) is 22.6 Å². The molecule has 1 aromatic heterocycles. The number of aromatic nitrogens is 1. The summed E-state index contributed by atoms with van der Waals surface area (Å²) in [6.45, 7) is 0. The lowest BCUT2D eigenvalue weighted by atomic mass is 9.57.